The highest BCUT2D eigenvalue weighted by Crippen LogP contribution is 2.31. The number of nitrogens with zero attached hydrogens (tertiary/aromatic N) is 1. The lowest BCUT2D eigenvalue weighted by Gasteiger charge is -2.10. The highest BCUT2D eigenvalue weighted by molar-refractivity contribution is 5.88. The lowest BCUT2D eigenvalue weighted by molar-refractivity contribution is 0.344. The van der Waals surface area contributed by atoms with Crippen LogP contribution in [0.2, 0.25) is 0 Å². The third-order valence-electron chi connectivity index (χ3n) is 3.12. The Morgan fingerprint density at radius 1 is 1.05 bits per heavy atom. The number of para-hydroxylation sites is 1. The number of fused-ring (bicyclic) bond motifs is 1. The average molecular weight is 267 g/mol. The zero-order valence-electron chi connectivity index (χ0n) is 11.1. The fourth-order valence-corrected chi connectivity index (χ4v) is 2.21. The van der Waals surface area contributed by atoms with E-state index >= 15 is 0 Å². The quantitative estimate of drug-likeness (QED) is 0.700. The van der Waals surface area contributed by atoms with E-state index in [0.717, 1.165) is 5.56 Å². The Morgan fingerprint density at radius 2 is 1.85 bits per heavy atom. The summed E-state index contributed by atoms with van der Waals surface area (Å²) in [6.45, 7) is 2.44. The maximum absolute atomic E-state index is 14.0. The van der Waals surface area contributed by atoms with Gasteiger partial charge >= 0.3 is 0 Å². The molecule has 0 amide bonds. The van der Waals surface area contributed by atoms with Crippen LogP contribution in [-0.4, -0.2) is 11.6 Å². The summed E-state index contributed by atoms with van der Waals surface area (Å²) in [7, 11) is 0. The van der Waals surface area contributed by atoms with Crippen LogP contribution in [0.3, 0.4) is 0 Å². The van der Waals surface area contributed by atoms with Crippen LogP contribution in [0, 0.1) is 5.82 Å². The van der Waals surface area contributed by atoms with Crippen molar-refractivity contribution in [2.75, 3.05) is 6.61 Å². The lowest BCUT2D eigenvalue weighted by Crippen LogP contribution is -1.96. The van der Waals surface area contributed by atoms with Crippen molar-refractivity contribution < 1.29 is 9.13 Å². The molecule has 0 saturated heterocycles. The Kier molecular flexibility index (Phi) is 3.33. The van der Waals surface area contributed by atoms with Crippen LogP contribution in [0.15, 0.2) is 54.6 Å². The topological polar surface area (TPSA) is 22.1 Å². The Bertz CT molecular complexity index is 741. The molecular formula is C17H14FNO. The van der Waals surface area contributed by atoms with E-state index in [9.17, 15) is 4.39 Å². The first-order chi connectivity index (χ1) is 9.79. The summed E-state index contributed by atoms with van der Waals surface area (Å²) < 4.78 is 19.6. The minimum atomic E-state index is -0.332. The van der Waals surface area contributed by atoms with Gasteiger partial charge in [0.1, 0.15) is 17.1 Å². The van der Waals surface area contributed by atoms with E-state index < -0.39 is 0 Å². The van der Waals surface area contributed by atoms with E-state index in [1.165, 1.54) is 6.07 Å². The molecule has 0 bridgehead atoms. The molecule has 0 radical (unpaired) electrons. The minimum absolute atomic E-state index is 0.332. The van der Waals surface area contributed by atoms with Crippen LogP contribution in [0.1, 0.15) is 6.92 Å². The molecule has 2 nitrogen and oxygen atoms in total. The van der Waals surface area contributed by atoms with Crippen molar-refractivity contribution in [2.45, 2.75) is 6.92 Å². The fourth-order valence-electron chi connectivity index (χ4n) is 2.21. The highest BCUT2D eigenvalue weighted by atomic mass is 19.1. The van der Waals surface area contributed by atoms with E-state index in [1.807, 2.05) is 49.4 Å². The maximum Gasteiger partial charge on any atom is 0.149 e. The Hall–Kier alpha value is -2.42. The molecule has 0 saturated carbocycles. The molecule has 0 N–H and O–H groups in total. The number of halogens is 1. The van der Waals surface area contributed by atoms with Gasteiger partial charge in [0, 0.05) is 17.0 Å². The molecule has 0 spiro atoms. The SMILES string of the molecule is CCOc1cc(-c2ccccc2)nc2c(F)cccc12. The third-order valence-corrected chi connectivity index (χ3v) is 3.12. The summed E-state index contributed by atoms with van der Waals surface area (Å²) in [5.74, 6) is 0.331. The summed E-state index contributed by atoms with van der Waals surface area (Å²) in [5.41, 5.74) is 2.00. The van der Waals surface area contributed by atoms with E-state index in [-0.39, 0.29) is 5.82 Å². The summed E-state index contributed by atoms with van der Waals surface area (Å²) in [6.07, 6.45) is 0. The number of benzene rings is 2. The number of hydrogen-bond acceptors (Lipinski definition) is 2. The summed E-state index contributed by atoms with van der Waals surface area (Å²) in [4.78, 5) is 4.43. The lowest BCUT2D eigenvalue weighted by atomic mass is 10.1. The Morgan fingerprint density at radius 3 is 2.60 bits per heavy atom. The Labute approximate surface area is 116 Å². The molecule has 0 aliphatic carbocycles. The molecule has 0 aliphatic heterocycles. The van der Waals surface area contributed by atoms with Gasteiger partial charge in [0.15, 0.2) is 0 Å². The second-order valence-corrected chi connectivity index (χ2v) is 4.44. The van der Waals surface area contributed by atoms with Gasteiger partial charge in [-0.3, -0.25) is 0 Å². The van der Waals surface area contributed by atoms with Gasteiger partial charge in [-0.15, -0.1) is 0 Å². The largest absolute Gasteiger partial charge is 0.493 e. The van der Waals surface area contributed by atoms with Gasteiger partial charge in [-0.05, 0) is 19.1 Å². The standard InChI is InChI=1S/C17H14FNO/c1-2-20-16-11-15(12-7-4-3-5-8-12)19-17-13(16)9-6-10-14(17)18/h3-11H,2H2,1H3. The molecule has 3 aromatic rings. The zero-order chi connectivity index (χ0) is 13.9. The third kappa shape index (κ3) is 2.23. The molecule has 3 rings (SSSR count). The molecule has 0 atom stereocenters. The maximum atomic E-state index is 14.0. The van der Waals surface area contributed by atoms with E-state index in [2.05, 4.69) is 4.98 Å². The first-order valence-corrected chi connectivity index (χ1v) is 6.57. The van der Waals surface area contributed by atoms with Crippen molar-refractivity contribution in [1.29, 1.82) is 0 Å². The monoisotopic (exact) mass is 267 g/mol. The number of aromatic nitrogens is 1. The second kappa shape index (κ2) is 5.29. The molecule has 1 aromatic heterocycles. The van der Waals surface area contributed by atoms with E-state index in [4.69, 9.17) is 4.74 Å². The summed E-state index contributed by atoms with van der Waals surface area (Å²) in [5, 5.41) is 0.700. The van der Waals surface area contributed by atoms with Crippen LogP contribution in [-0.2, 0) is 0 Å². The molecule has 3 heteroatoms. The number of pyridine rings is 1. The Balaban J connectivity index is 2.27. The van der Waals surface area contributed by atoms with E-state index in [0.29, 0.717) is 29.0 Å². The van der Waals surface area contributed by atoms with Crippen molar-refractivity contribution in [1.82, 2.24) is 4.98 Å². The average Bonchev–Trinajstić information content (AvgIpc) is 2.49. The number of hydrogen-bond donors (Lipinski definition) is 0. The van der Waals surface area contributed by atoms with Crippen molar-refractivity contribution >= 4 is 10.9 Å². The van der Waals surface area contributed by atoms with Crippen LogP contribution in [0.4, 0.5) is 4.39 Å². The van der Waals surface area contributed by atoms with Gasteiger partial charge in [-0.1, -0.05) is 36.4 Å². The molecule has 100 valence electrons. The highest BCUT2D eigenvalue weighted by Gasteiger charge is 2.11. The molecular weight excluding hydrogens is 253 g/mol. The van der Waals surface area contributed by atoms with Crippen molar-refractivity contribution in [2.24, 2.45) is 0 Å². The molecule has 0 aliphatic rings. The van der Waals surface area contributed by atoms with Gasteiger partial charge in [0.2, 0.25) is 0 Å². The predicted molar refractivity (Wildman–Crippen MR) is 78.3 cm³/mol. The van der Waals surface area contributed by atoms with Gasteiger partial charge in [-0.2, -0.15) is 0 Å². The van der Waals surface area contributed by atoms with E-state index in [1.54, 1.807) is 6.07 Å². The molecule has 20 heavy (non-hydrogen) atoms. The van der Waals surface area contributed by atoms with Crippen LogP contribution >= 0.6 is 0 Å². The summed E-state index contributed by atoms with van der Waals surface area (Å²) >= 11 is 0. The first-order valence-electron chi connectivity index (χ1n) is 6.57. The van der Waals surface area contributed by atoms with Gasteiger partial charge < -0.3 is 4.74 Å². The van der Waals surface area contributed by atoms with Crippen LogP contribution in [0.25, 0.3) is 22.2 Å². The zero-order valence-corrected chi connectivity index (χ0v) is 11.1. The second-order valence-electron chi connectivity index (χ2n) is 4.44. The molecule has 0 unspecified atom stereocenters. The van der Waals surface area contributed by atoms with Gasteiger partial charge in [-0.25, -0.2) is 9.37 Å². The first kappa shape index (κ1) is 12.6. The minimum Gasteiger partial charge on any atom is -0.493 e. The van der Waals surface area contributed by atoms with Crippen molar-refractivity contribution in [3.8, 4) is 17.0 Å². The molecule has 2 aromatic carbocycles. The molecule has 0 fully saturated rings. The smallest absolute Gasteiger partial charge is 0.149 e. The molecule has 1 heterocycles. The van der Waals surface area contributed by atoms with Crippen molar-refractivity contribution in [3.05, 3.63) is 60.4 Å². The number of ether oxygens (including phenoxy) is 1. The van der Waals surface area contributed by atoms with Gasteiger partial charge in [0.05, 0.1) is 12.3 Å². The predicted octanol–water partition coefficient (Wildman–Crippen LogP) is 4.44. The summed E-state index contributed by atoms with van der Waals surface area (Å²) in [6, 6.07) is 16.5. The van der Waals surface area contributed by atoms with Gasteiger partial charge in [0.25, 0.3) is 0 Å². The van der Waals surface area contributed by atoms with Crippen molar-refractivity contribution in [3.63, 3.8) is 0 Å². The van der Waals surface area contributed by atoms with Crippen LogP contribution in [0.5, 0.6) is 5.75 Å². The number of rotatable bonds is 3. The normalized spacial score (nSPS) is 10.7. The fraction of sp³-hybridized carbons (Fsp3) is 0.118. The van der Waals surface area contributed by atoms with Crippen LogP contribution < -0.4 is 4.74 Å².